The molecule has 5 heteroatoms. The predicted octanol–water partition coefficient (Wildman–Crippen LogP) is 0.372. The lowest BCUT2D eigenvalue weighted by atomic mass is 10.4. The van der Waals surface area contributed by atoms with E-state index in [0.717, 1.165) is 5.75 Å². The van der Waals surface area contributed by atoms with Crippen molar-refractivity contribution in [2.75, 3.05) is 30.6 Å². The van der Waals surface area contributed by atoms with Crippen LogP contribution in [0.1, 0.15) is 6.92 Å². The zero-order valence-corrected chi connectivity index (χ0v) is 9.46. The Morgan fingerprint density at radius 3 is 2.50 bits per heavy atom. The highest BCUT2D eigenvalue weighted by atomic mass is 32.2. The van der Waals surface area contributed by atoms with Crippen molar-refractivity contribution in [1.82, 2.24) is 5.32 Å². The van der Waals surface area contributed by atoms with Crippen LogP contribution in [0.2, 0.25) is 0 Å². The molecule has 0 aromatic rings. The second-order valence-electron chi connectivity index (χ2n) is 2.94. The minimum absolute atomic E-state index is 0.228. The minimum Gasteiger partial charge on any atom is -0.312 e. The van der Waals surface area contributed by atoms with Gasteiger partial charge in [-0.05, 0) is 13.2 Å². The Hall–Kier alpha value is 0.260. The highest BCUT2D eigenvalue weighted by molar-refractivity contribution is 7.98. The Balaban J connectivity index is 3.44. The SMILES string of the molecule is CSCC(C)NCCS(C)(=O)=O. The zero-order chi connectivity index (χ0) is 9.61. The van der Waals surface area contributed by atoms with Gasteiger partial charge in [0.2, 0.25) is 0 Å². The van der Waals surface area contributed by atoms with Crippen LogP contribution in [0.25, 0.3) is 0 Å². The van der Waals surface area contributed by atoms with Gasteiger partial charge in [0, 0.05) is 24.6 Å². The van der Waals surface area contributed by atoms with Crippen LogP contribution in [0.5, 0.6) is 0 Å². The molecule has 0 heterocycles. The van der Waals surface area contributed by atoms with Crippen molar-refractivity contribution in [1.29, 1.82) is 0 Å². The lowest BCUT2D eigenvalue weighted by Gasteiger charge is -2.10. The molecule has 1 unspecified atom stereocenters. The molecule has 0 aliphatic heterocycles. The molecule has 0 spiro atoms. The maximum atomic E-state index is 10.7. The first kappa shape index (κ1) is 12.3. The summed E-state index contributed by atoms with van der Waals surface area (Å²) in [5.41, 5.74) is 0. The molecule has 0 saturated heterocycles. The number of hydrogen-bond donors (Lipinski definition) is 1. The van der Waals surface area contributed by atoms with E-state index in [1.165, 1.54) is 6.26 Å². The van der Waals surface area contributed by atoms with E-state index >= 15 is 0 Å². The Labute approximate surface area is 79.2 Å². The number of thioether (sulfide) groups is 1. The molecule has 0 rings (SSSR count). The van der Waals surface area contributed by atoms with Gasteiger partial charge in [0.05, 0.1) is 5.75 Å². The van der Waals surface area contributed by atoms with Crippen molar-refractivity contribution in [3.8, 4) is 0 Å². The number of nitrogens with one attached hydrogen (secondary N) is 1. The van der Waals surface area contributed by atoms with Crippen LogP contribution in [-0.2, 0) is 9.84 Å². The topological polar surface area (TPSA) is 46.2 Å². The molecular formula is C7H17NO2S2. The highest BCUT2D eigenvalue weighted by Crippen LogP contribution is 1.95. The minimum atomic E-state index is -2.80. The Morgan fingerprint density at radius 2 is 2.08 bits per heavy atom. The maximum absolute atomic E-state index is 10.7. The Morgan fingerprint density at radius 1 is 1.50 bits per heavy atom. The molecule has 0 fully saturated rings. The molecule has 0 radical (unpaired) electrons. The standard InChI is InChI=1S/C7H17NO2S2/c1-7(6-11-2)8-4-5-12(3,9)10/h7-8H,4-6H2,1-3H3. The summed E-state index contributed by atoms with van der Waals surface area (Å²) in [7, 11) is -2.80. The Kier molecular flexibility index (Phi) is 5.96. The van der Waals surface area contributed by atoms with Crippen LogP contribution in [-0.4, -0.2) is 45.0 Å². The van der Waals surface area contributed by atoms with Crippen molar-refractivity contribution in [3.63, 3.8) is 0 Å². The molecular weight excluding hydrogens is 194 g/mol. The van der Waals surface area contributed by atoms with E-state index < -0.39 is 9.84 Å². The van der Waals surface area contributed by atoms with Crippen molar-refractivity contribution < 1.29 is 8.42 Å². The highest BCUT2D eigenvalue weighted by Gasteiger charge is 2.03. The van der Waals surface area contributed by atoms with Gasteiger partial charge in [-0.25, -0.2) is 8.42 Å². The van der Waals surface area contributed by atoms with Crippen molar-refractivity contribution in [2.45, 2.75) is 13.0 Å². The van der Waals surface area contributed by atoms with Crippen LogP contribution < -0.4 is 5.32 Å². The fraction of sp³-hybridized carbons (Fsp3) is 1.00. The monoisotopic (exact) mass is 211 g/mol. The average molecular weight is 211 g/mol. The summed E-state index contributed by atoms with van der Waals surface area (Å²) in [5, 5.41) is 3.14. The molecule has 0 saturated carbocycles. The molecule has 0 amide bonds. The van der Waals surface area contributed by atoms with E-state index in [2.05, 4.69) is 12.2 Å². The second-order valence-corrected chi connectivity index (χ2v) is 6.11. The van der Waals surface area contributed by atoms with Gasteiger partial charge in [0.25, 0.3) is 0 Å². The molecule has 3 nitrogen and oxygen atoms in total. The largest absolute Gasteiger partial charge is 0.312 e. The summed E-state index contributed by atoms with van der Waals surface area (Å²) in [6.45, 7) is 2.61. The van der Waals surface area contributed by atoms with E-state index in [-0.39, 0.29) is 5.75 Å². The molecule has 0 aromatic carbocycles. The maximum Gasteiger partial charge on any atom is 0.148 e. The summed E-state index contributed by atoms with van der Waals surface area (Å²) < 4.78 is 21.5. The smallest absolute Gasteiger partial charge is 0.148 e. The molecule has 1 atom stereocenters. The van der Waals surface area contributed by atoms with Gasteiger partial charge >= 0.3 is 0 Å². The van der Waals surface area contributed by atoms with Gasteiger partial charge in [-0.3, -0.25) is 0 Å². The first-order chi connectivity index (χ1) is 5.45. The van der Waals surface area contributed by atoms with Crippen LogP contribution in [0.3, 0.4) is 0 Å². The third-order valence-electron chi connectivity index (χ3n) is 1.38. The van der Waals surface area contributed by atoms with Crippen LogP contribution in [0.15, 0.2) is 0 Å². The van der Waals surface area contributed by atoms with E-state index in [9.17, 15) is 8.42 Å². The lowest BCUT2D eigenvalue weighted by molar-refractivity contribution is 0.585. The first-order valence-electron chi connectivity index (χ1n) is 3.86. The Bertz CT molecular complexity index is 201. The molecule has 0 bridgehead atoms. The molecule has 0 aromatic heterocycles. The summed E-state index contributed by atoms with van der Waals surface area (Å²) >= 11 is 1.76. The van der Waals surface area contributed by atoms with Gasteiger partial charge in [-0.1, -0.05) is 0 Å². The normalized spacial score (nSPS) is 14.6. The third kappa shape index (κ3) is 8.36. The second kappa shape index (κ2) is 5.83. The fourth-order valence-corrected chi connectivity index (χ4v) is 1.91. The number of sulfone groups is 1. The van der Waals surface area contributed by atoms with Crippen molar-refractivity contribution in [3.05, 3.63) is 0 Å². The average Bonchev–Trinajstić information content (AvgIpc) is 1.84. The summed E-state index contributed by atoms with van der Waals surface area (Å²) in [6, 6.07) is 0.391. The first-order valence-corrected chi connectivity index (χ1v) is 7.31. The molecule has 0 aliphatic rings. The number of rotatable bonds is 6. The summed E-state index contributed by atoms with van der Waals surface area (Å²) in [6.07, 6.45) is 3.29. The molecule has 0 aliphatic carbocycles. The van der Waals surface area contributed by atoms with E-state index in [4.69, 9.17) is 0 Å². The molecule has 12 heavy (non-hydrogen) atoms. The van der Waals surface area contributed by atoms with Crippen LogP contribution in [0.4, 0.5) is 0 Å². The number of hydrogen-bond acceptors (Lipinski definition) is 4. The van der Waals surface area contributed by atoms with E-state index in [1.54, 1.807) is 11.8 Å². The summed E-state index contributed by atoms with van der Waals surface area (Å²) in [5.74, 6) is 1.25. The third-order valence-corrected chi connectivity index (χ3v) is 3.16. The van der Waals surface area contributed by atoms with E-state index in [1.807, 2.05) is 6.26 Å². The zero-order valence-electron chi connectivity index (χ0n) is 7.83. The van der Waals surface area contributed by atoms with Crippen molar-refractivity contribution in [2.24, 2.45) is 0 Å². The lowest BCUT2D eigenvalue weighted by Crippen LogP contribution is -2.32. The van der Waals surface area contributed by atoms with Gasteiger partial charge in [-0.2, -0.15) is 11.8 Å². The predicted molar refractivity (Wildman–Crippen MR) is 55.6 cm³/mol. The van der Waals surface area contributed by atoms with Gasteiger partial charge in [0.15, 0.2) is 0 Å². The summed E-state index contributed by atoms with van der Waals surface area (Å²) in [4.78, 5) is 0. The molecule has 1 N–H and O–H groups in total. The van der Waals surface area contributed by atoms with E-state index in [0.29, 0.717) is 12.6 Å². The van der Waals surface area contributed by atoms with Crippen molar-refractivity contribution >= 4 is 21.6 Å². The van der Waals surface area contributed by atoms with Gasteiger partial charge in [0.1, 0.15) is 9.84 Å². The quantitative estimate of drug-likeness (QED) is 0.689. The van der Waals surface area contributed by atoms with Crippen LogP contribution in [0, 0.1) is 0 Å². The van der Waals surface area contributed by atoms with Crippen LogP contribution >= 0.6 is 11.8 Å². The van der Waals surface area contributed by atoms with Gasteiger partial charge in [-0.15, -0.1) is 0 Å². The van der Waals surface area contributed by atoms with Gasteiger partial charge < -0.3 is 5.32 Å². The fourth-order valence-electron chi connectivity index (χ4n) is 0.800. The molecule has 74 valence electrons.